The van der Waals surface area contributed by atoms with Crippen LogP contribution in [0.25, 0.3) is 0 Å². The maximum Gasteiger partial charge on any atom is 0.161 e. The summed E-state index contributed by atoms with van der Waals surface area (Å²) in [6, 6.07) is 6.69. The summed E-state index contributed by atoms with van der Waals surface area (Å²) in [7, 11) is 0. The van der Waals surface area contributed by atoms with Crippen LogP contribution >= 0.6 is 0 Å². The molecule has 22 heavy (non-hydrogen) atoms. The molecular weight excluding hydrogens is 278 g/mol. The van der Waals surface area contributed by atoms with E-state index in [0.29, 0.717) is 19.3 Å². The van der Waals surface area contributed by atoms with Crippen molar-refractivity contribution >= 4 is 0 Å². The summed E-state index contributed by atoms with van der Waals surface area (Å²) in [6.07, 6.45) is 4.48. The van der Waals surface area contributed by atoms with Crippen molar-refractivity contribution in [1.29, 1.82) is 0 Å². The van der Waals surface area contributed by atoms with Crippen molar-refractivity contribution in [2.24, 2.45) is 5.92 Å². The van der Waals surface area contributed by atoms with E-state index in [-0.39, 0.29) is 0 Å². The van der Waals surface area contributed by atoms with Gasteiger partial charge in [-0.2, -0.15) is 5.10 Å². The van der Waals surface area contributed by atoms with Gasteiger partial charge in [-0.3, -0.25) is 5.10 Å². The molecule has 2 N–H and O–H groups in total. The van der Waals surface area contributed by atoms with Crippen molar-refractivity contribution in [2.45, 2.75) is 32.4 Å². The van der Waals surface area contributed by atoms with Crippen LogP contribution in [0, 0.1) is 12.8 Å². The van der Waals surface area contributed by atoms with Gasteiger partial charge in [-0.1, -0.05) is 6.07 Å². The zero-order valence-corrected chi connectivity index (χ0v) is 12.8. The molecule has 0 saturated heterocycles. The maximum atomic E-state index is 5.72. The minimum atomic E-state index is 0.366. The molecule has 1 fully saturated rings. The van der Waals surface area contributed by atoms with Crippen LogP contribution in [0.5, 0.6) is 11.5 Å². The van der Waals surface area contributed by atoms with E-state index in [9.17, 15) is 0 Å². The second kappa shape index (κ2) is 5.65. The van der Waals surface area contributed by atoms with Crippen LogP contribution < -0.4 is 14.8 Å². The van der Waals surface area contributed by atoms with Crippen molar-refractivity contribution in [3.8, 4) is 11.5 Å². The lowest BCUT2D eigenvalue weighted by Gasteiger charge is -2.23. The third-order valence-corrected chi connectivity index (χ3v) is 4.47. The largest absolute Gasteiger partial charge is 0.486 e. The molecule has 0 amide bonds. The average Bonchev–Trinajstić information content (AvgIpc) is 3.30. The lowest BCUT2D eigenvalue weighted by Crippen LogP contribution is -2.23. The maximum absolute atomic E-state index is 5.72. The topological polar surface area (TPSA) is 59.2 Å². The summed E-state index contributed by atoms with van der Waals surface area (Å²) in [5.74, 6) is 2.45. The minimum Gasteiger partial charge on any atom is -0.486 e. The third-order valence-electron chi connectivity index (χ3n) is 4.47. The predicted octanol–water partition coefficient (Wildman–Crippen LogP) is 2.73. The Morgan fingerprint density at radius 3 is 2.82 bits per heavy atom. The van der Waals surface area contributed by atoms with E-state index in [1.165, 1.54) is 24.0 Å². The summed E-state index contributed by atoms with van der Waals surface area (Å²) >= 11 is 0. The number of hydrogen-bond acceptors (Lipinski definition) is 4. The average molecular weight is 299 g/mol. The lowest BCUT2D eigenvalue weighted by atomic mass is 10.0. The highest BCUT2D eigenvalue weighted by Gasteiger charge is 2.32. The molecule has 0 bridgehead atoms. The Hall–Kier alpha value is -2.01. The van der Waals surface area contributed by atoms with Gasteiger partial charge in [0, 0.05) is 23.8 Å². The Morgan fingerprint density at radius 1 is 1.27 bits per heavy atom. The number of aromatic nitrogens is 2. The molecule has 1 aromatic heterocycles. The number of nitrogens with one attached hydrogen (secondary N) is 2. The van der Waals surface area contributed by atoms with Gasteiger partial charge in [0.1, 0.15) is 13.2 Å². The summed E-state index contributed by atoms with van der Waals surface area (Å²) in [5.41, 5.74) is 3.64. The third kappa shape index (κ3) is 2.68. The summed E-state index contributed by atoms with van der Waals surface area (Å²) in [4.78, 5) is 0. The number of aromatic amines is 1. The first-order valence-corrected chi connectivity index (χ1v) is 7.93. The van der Waals surface area contributed by atoms with Crippen LogP contribution in [0.3, 0.4) is 0 Å². The standard InChI is InChI=1S/C17H21N3O2/c1-11-14(10-19-20-11)9-18-17(12-2-3-12)13-4-5-15-16(8-13)22-7-6-21-15/h4-5,8,10,12,17-18H,2-3,6-7,9H2,1H3,(H,19,20)/t17-/m1/s1. The SMILES string of the molecule is Cc1[nH]ncc1CN[C@@H](c1ccc2c(c1)OCCO2)C1CC1. The Balaban J connectivity index is 1.53. The molecule has 2 aromatic rings. The van der Waals surface area contributed by atoms with Gasteiger partial charge in [-0.15, -0.1) is 0 Å². The first-order valence-electron chi connectivity index (χ1n) is 7.93. The van der Waals surface area contributed by atoms with Gasteiger partial charge in [-0.25, -0.2) is 0 Å². The fourth-order valence-electron chi connectivity index (χ4n) is 3.01. The van der Waals surface area contributed by atoms with Crippen molar-refractivity contribution in [2.75, 3.05) is 13.2 Å². The Kier molecular flexibility index (Phi) is 3.50. The first kappa shape index (κ1) is 13.6. The van der Waals surface area contributed by atoms with Gasteiger partial charge in [0.15, 0.2) is 11.5 Å². The molecule has 1 saturated carbocycles. The van der Waals surface area contributed by atoms with E-state index in [4.69, 9.17) is 9.47 Å². The normalized spacial score (nSPS) is 18.2. The summed E-state index contributed by atoms with van der Waals surface area (Å²) in [6.45, 7) is 4.15. The zero-order valence-electron chi connectivity index (χ0n) is 12.8. The Labute approximate surface area is 130 Å². The smallest absolute Gasteiger partial charge is 0.161 e. The number of ether oxygens (including phenoxy) is 2. The van der Waals surface area contributed by atoms with Crippen molar-refractivity contribution in [3.63, 3.8) is 0 Å². The molecule has 2 aliphatic rings. The van der Waals surface area contributed by atoms with Crippen LogP contribution in [-0.2, 0) is 6.54 Å². The molecule has 1 aliphatic heterocycles. The second-order valence-electron chi connectivity index (χ2n) is 6.12. The molecule has 1 atom stereocenters. The van der Waals surface area contributed by atoms with Crippen LogP contribution in [0.1, 0.15) is 35.7 Å². The minimum absolute atomic E-state index is 0.366. The van der Waals surface area contributed by atoms with Gasteiger partial charge in [0.05, 0.1) is 6.20 Å². The van der Waals surface area contributed by atoms with E-state index in [0.717, 1.165) is 29.7 Å². The second-order valence-corrected chi connectivity index (χ2v) is 6.12. The van der Waals surface area contributed by atoms with Crippen LogP contribution in [0.2, 0.25) is 0 Å². The molecule has 0 spiro atoms. The van der Waals surface area contributed by atoms with E-state index < -0.39 is 0 Å². The fraction of sp³-hybridized carbons (Fsp3) is 0.471. The van der Waals surface area contributed by atoms with Gasteiger partial charge >= 0.3 is 0 Å². The molecule has 4 rings (SSSR count). The monoisotopic (exact) mass is 299 g/mol. The van der Waals surface area contributed by atoms with Crippen LogP contribution in [0.15, 0.2) is 24.4 Å². The van der Waals surface area contributed by atoms with Gasteiger partial charge in [-0.05, 0) is 43.4 Å². The van der Waals surface area contributed by atoms with Crippen molar-refractivity contribution in [3.05, 3.63) is 41.2 Å². The highest BCUT2D eigenvalue weighted by Crippen LogP contribution is 2.43. The predicted molar refractivity (Wildman–Crippen MR) is 83.1 cm³/mol. The number of fused-ring (bicyclic) bond motifs is 1. The molecule has 1 aliphatic carbocycles. The highest BCUT2D eigenvalue weighted by atomic mass is 16.6. The fourth-order valence-corrected chi connectivity index (χ4v) is 3.01. The molecular formula is C17H21N3O2. The van der Waals surface area contributed by atoms with E-state index in [1.807, 2.05) is 12.3 Å². The molecule has 5 nitrogen and oxygen atoms in total. The van der Waals surface area contributed by atoms with Crippen LogP contribution in [-0.4, -0.2) is 23.4 Å². The number of rotatable bonds is 5. The number of benzene rings is 1. The molecule has 0 radical (unpaired) electrons. The molecule has 2 heterocycles. The van der Waals surface area contributed by atoms with Crippen LogP contribution in [0.4, 0.5) is 0 Å². The summed E-state index contributed by atoms with van der Waals surface area (Å²) in [5, 5.41) is 10.8. The number of H-pyrrole nitrogens is 1. The van der Waals surface area contributed by atoms with E-state index in [1.54, 1.807) is 0 Å². The van der Waals surface area contributed by atoms with Gasteiger partial charge in [0.25, 0.3) is 0 Å². The van der Waals surface area contributed by atoms with E-state index in [2.05, 4.69) is 34.6 Å². The molecule has 116 valence electrons. The van der Waals surface area contributed by atoms with E-state index >= 15 is 0 Å². The van der Waals surface area contributed by atoms with Crippen molar-refractivity contribution in [1.82, 2.24) is 15.5 Å². The number of aryl methyl sites for hydroxylation is 1. The van der Waals surface area contributed by atoms with Gasteiger partial charge < -0.3 is 14.8 Å². The molecule has 1 aromatic carbocycles. The van der Waals surface area contributed by atoms with Crippen molar-refractivity contribution < 1.29 is 9.47 Å². The first-order chi connectivity index (χ1) is 10.8. The number of nitrogens with zero attached hydrogens (tertiary/aromatic N) is 1. The number of hydrogen-bond donors (Lipinski definition) is 2. The summed E-state index contributed by atoms with van der Waals surface area (Å²) < 4.78 is 11.3. The Morgan fingerprint density at radius 2 is 2.09 bits per heavy atom. The molecule has 0 unspecified atom stereocenters. The highest BCUT2D eigenvalue weighted by molar-refractivity contribution is 5.45. The zero-order chi connectivity index (χ0) is 14.9. The Bertz CT molecular complexity index is 664. The quantitative estimate of drug-likeness (QED) is 0.891. The molecule has 5 heteroatoms. The lowest BCUT2D eigenvalue weighted by molar-refractivity contribution is 0.171. The van der Waals surface area contributed by atoms with Gasteiger partial charge in [0.2, 0.25) is 0 Å².